The van der Waals surface area contributed by atoms with Gasteiger partial charge in [0, 0.05) is 18.5 Å². The summed E-state index contributed by atoms with van der Waals surface area (Å²) >= 11 is 0. The van der Waals surface area contributed by atoms with E-state index < -0.39 is 5.97 Å². The van der Waals surface area contributed by atoms with Crippen molar-refractivity contribution in [2.75, 3.05) is 13.1 Å². The van der Waals surface area contributed by atoms with E-state index in [4.69, 9.17) is 9.63 Å². The summed E-state index contributed by atoms with van der Waals surface area (Å²) in [5, 5.41) is 12.6. The van der Waals surface area contributed by atoms with Gasteiger partial charge >= 0.3 is 5.97 Å². The lowest BCUT2D eigenvalue weighted by atomic mass is 10.1. The molecule has 0 saturated carbocycles. The number of carbonyl (C=O) groups is 2. The van der Waals surface area contributed by atoms with E-state index in [1.807, 2.05) is 6.92 Å². The van der Waals surface area contributed by atoms with Crippen LogP contribution in [-0.4, -0.2) is 40.1 Å². The Hall–Kier alpha value is -2.11. The summed E-state index contributed by atoms with van der Waals surface area (Å²) in [6.45, 7) is 7.04. The van der Waals surface area contributed by atoms with Crippen LogP contribution in [-0.2, 0) is 16.0 Å². The molecule has 6 heteroatoms. The smallest absolute Gasteiger partial charge is 0.323 e. The third kappa shape index (κ3) is 4.24. The van der Waals surface area contributed by atoms with E-state index in [9.17, 15) is 9.59 Å². The minimum atomic E-state index is -1.03. The highest BCUT2D eigenvalue weighted by molar-refractivity contribution is 5.81. The molecule has 0 fully saturated rings. The van der Waals surface area contributed by atoms with E-state index in [0.717, 1.165) is 11.3 Å². The van der Waals surface area contributed by atoms with E-state index in [0.29, 0.717) is 12.2 Å². The molecule has 0 aliphatic carbocycles. The first kappa shape index (κ1) is 14.9. The van der Waals surface area contributed by atoms with Crippen molar-refractivity contribution in [3.05, 3.63) is 29.7 Å². The molecule has 1 aromatic heterocycles. The fourth-order valence-corrected chi connectivity index (χ4v) is 1.82. The van der Waals surface area contributed by atoms with Crippen LogP contribution in [0.25, 0.3) is 0 Å². The summed E-state index contributed by atoms with van der Waals surface area (Å²) in [4.78, 5) is 23.9. The summed E-state index contributed by atoms with van der Waals surface area (Å²) in [5.41, 5.74) is 1.67. The van der Waals surface area contributed by atoms with Crippen molar-refractivity contribution in [2.45, 2.75) is 26.7 Å². The molecule has 1 heterocycles. The molecule has 0 aromatic carbocycles. The van der Waals surface area contributed by atoms with Gasteiger partial charge in [-0.15, -0.1) is 6.58 Å². The molecule has 0 saturated heterocycles. The molecule has 0 aliphatic heterocycles. The molecule has 19 heavy (non-hydrogen) atoms. The number of aromatic nitrogens is 1. The van der Waals surface area contributed by atoms with Crippen LogP contribution in [0.2, 0.25) is 0 Å². The number of aryl methyl sites for hydroxylation is 2. The predicted molar refractivity (Wildman–Crippen MR) is 68.7 cm³/mol. The number of hydrogen-bond acceptors (Lipinski definition) is 4. The van der Waals surface area contributed by atoms with Gasteiger partial charge in [-0.3, -0.25) is 9.59 Å². The van der Waals surface area contributed by atoms with Gasteiger partial charge in [-0.25, -0.2) is 0 Å². The molecule has 1 N–H and O–H groups in total. The molecule has 0 bridgehead atoms. The highest BCUT2D eigenvalue weighted by Crippen LogP contribution is 2.14. The zero-order valence-corrected chi connectivity index (χ0v) is 11.2. The molecule has 1 rings (SSSR count). The standard InChI is InChI=1S/C13H18N2O4/c1-4-7-15(8-13(17)18)12(16)6-5-11-9(2)14-19-10(11)3/h4H,1,5-8H2,2-3H3,(H,17,18). The van der Waals surface area contributed by atoms with E-state index in [1.54, 1.807) is 6.92 Å². The SMILES string of the molecule is C=CCN(CC(=O)O)C(=O)CCc1c(C)noc1C. The summed E-state index contributed by atoms with van der Waals surface area (Å²) in [7, 11) is 0. The van der Waals surface area contributed by atoms with Gasteiger partial charge in [-0.2, -0.15) is 0 Å². The number of amides is 1. The average Bonchev–Trinajstić information content (AvgIpc) is 2.65. The molecular formula is C13H18N2O4. The Bertz CT molecular complexity index is 459. The van der Waals surface area contributed by atoms with Crippen molar-refractivity contribution in [2.24, 2.45) is 0 Å². The number of carboxylic acids is 1. The topological polar surface area (TPSA) is 83.6 Å². The monoisotopic (exact) mass is 266 g/mol. The zero-order chi connectivity index (χ0) is 14.4. The first-order valence-electron chi connectivity index (χ1n) is 5.98. The van der Waals surface area contributed by atoms with Crippen LogP contribution < -0.4 is 0 Å². The second-order valence-corrected chi connectivity index (χ2v) is 4.26. The minimum Gasteiger partial charge on any atom is -0.480 e. The van der Waals surface area contributed by atoms with Gasteiger partial charge in [0.05, 0.1) is 5.69 Å². The Morgan fingerprint density at radius 1 is 1.47 bits per heavy atom. The Labute approximate surface area is 111 Å². The number of rotatable bonds is 7. The van der Waals surface area contributed by atoms with Crippen molar-refractivity contribution in [3.63, 3.8) is 0 Å². The number of carbonyl (C=O) groups excluding carboxylic acids is 1. The maximum absolute atomic E-state index is 12.0. The lowest BCUT2D eigenvalue weighted by Gasteiger charge is -2.18. The highest BCUT2D eigenvalue weighted by Gasteiger charge is 2.17. The molecule has 1 amide bonds. The number of aliphatic carboxylic acids is 1. The largest absolute Gasteiger partial charge is 0.480 e. The first-order chi connectivity index (χ1) is 8.95. The molecule has 0 aliphatic rings. The van der Waals surface area contributed by atoms with Gasteiger partial charge < -0.3 is 14.5 Å². The molecular weight excluding hydrogens is 248 g/mol. The Kier molecular flexibility index (Phi) is 5.29. The van der Waals surface area contributed by atoms with Gasteiger partial charge in [0.15, 0.2) is 0 Å². The minimum absolute atomic E-state index is 0.220. The van der Waals surface area contributed by atoms with Crippen molar-refractivity contribution in [1.29, 1.82) is 0 Å². The Balaban J connectivity index is 2.62. The maximum Gasteiger partial charge on any atom is 0.323 e. The van der Waals surface area contributed by atoms with Gasteiger partial charge in [-0.05, 0) is 20.3 Å². The van der Waals surface area contributed by atoms with Crippen molar-refractivity contribution in [3.8, 4) is 0 Å². The van der Waals surface area contributed by atoms with E-state index in [-0.39, 0.29) is 25.4 Å². The third-order valence-corrected chi connectivity index (χ3v) is 2.80. The highest BCUT2D eigenvalue weighted by atomic mass is 16.5. The molecule has 0 unspecified atom stereocenters. The number of carboxylic acid groups (broad SMARTS) is 1. The van der Waals surface area contributed by atoms with Crippen LogP contribution >= 0.6 is 0 Å². The summed E-state index contributed by atoms with van der Waals surface area (Å²) in [6, 6.07) is 0. The van der Waals surface area contributed by atoms with E-state index in [1.165, 1.54) is 11.0 Å². The second-order valence-electron chi connectivity index (χ2n) is 4.26. The zero-order valence-electron chi connectivity index (χ0n) is 11.2. The fourth-order valence-electron chi connectivity index (χ4n) is 1.82. The Morgan fingerprint density at radius 3 is 2.63 bits per heavy atom. The van der Waals surface area contributed by atoms with E-state index in [2.05, 4.69) is 11.7 Å². The lowest BCUT2D eigenvalue weighted by molar-refractivity contribution is -0.144. The molecule has 6 nitrogen and oxygen atoms in total. The summed E-state index contributed by atoms with van der Waals surface area (Å²) in [5.74, 6) is -0.561. The molecule has 0 spiro atoms. The van der Waals surface area contributed by atoms with Gasteiger partial charge in [-0.1, -0.05) is 11.2 Å². The number of nitrogens with zero attached hydrogens (tertiary/aromatic N) is 2. The number of hydrogen-bond donors (Lipinski definition) is 1. The maximum atomic E-state index is 12.0. The van der Waals surface area contributed by atoms with Crippen molar-refractivity contribution >= 4 is 11.9 Å². The molecule has 0 radical (unpaired) electrons. The quantitative estimate of drug-likeness (QED) is 0.752. The van der Waals surface area contributed by atoms with Gasteiger partial charge in [0.25, 0.3) is 0 Å². The van der Waals surface area contributed by atoms with Gasteiger partial charge in [0.2, 0.25) is 5.91 Å². The van der Waals surface area contributed by atoms with Crippen LogP contribution in [0.3, 0.4) is 0 Å². The summed E-state index contributed by atoms with van der Waals surface area (Å²) < 4.78 is 5.01. The van der Waals surface area contributed by atoms with Crippen LogP contribution in [0.1, 0.15) is 23.4 Å². The van der Waals surface area contributed by atoms with E-state index >= 15 is 0 Å². The summed E-state index contributed by atoms with van der Waals surface area (Å²) in [6.07, 6.45) is 2.23. The average molecular weight is 266 g/mol. The van der Waals surface area contributed by atoms with Crippen molar-refractivity contribution < 1.29 is 19.2 Å². The van der Waals surface area contributed by atoms with Crippen LogP contribution in [0.15, 0.2) is 17.2 Å². The van der Waals surface area contributed by atoms with Crippen LogP contribution in [0.5, 0.6) is 0 Å². The normalized spacial score (nSPS) is 10.2. The van der Waals surface area contributed by atoms with Gasteiger partial charge in [0.1, 0.15) is 12.3 Å². The lowest BCUT2D eigenvalue weighted by Crippen LogP contribution is -2.35. The third-order valence-electron chi connectivity index (χ3n) is 2.80. The Morgan fingerprint density at radius 2 is 2.16 bits per heavy atom. The molecule has 0 atom stereocenters. The second kappa shape index (κ2) is 6.72. The van der Waals surface area contributed by atoms with Crippen LogP contribution in [0, 0.1) is 13.8 Å². The van der Waals surface area contributed by atoms with Crippen LogP contribution in [0.4, 0.5) is 0 Å². The molecule has 104 valence electrons. The predicted octanol–water partition coefficient (Wildman–Crippen LogP) is 1.32. The molecule has 1 aromatic rings. The fraction of sp³-hybridized carbons (Fsp3) is 0.462. The first-order valence-corrected chi connectivity index (χ1v) is 5.98. The van der Waals surface area contributed by atoms with Crippen molar-refractivity contribution in [1.82, 2.24) is 10.1 Å².